The van der Waals surface area contributed by atoms with Crippen molar-refractivity contribution >= 4 is 5.91 Å². The van der Waals surface area contributed by atoms with E-state index < -0.39 is 0 Å². The van der Waals surface area contributed by atoms with Crippen molar-refractivity contribution in [1.82, 2.24) is 5.32 Å². The van der Waals surface area contributed by atoms with E-state index in [4.69, 9.17) is 5.73 Å². The van der Waals surface area contributed by atoms with Crippen LogP contribution >= 0.6 is 0 Å². The molecule has 0 atom stereocenters. The Balaban J connectivity index is 1.88. The number of amides is 1. The van der Waals surface area contributed by atoms with Gasteiger partial charge in [-0.05, 0) is 68.2 Å². The van der Waals surface area contributed by atoms with Crippen LogP contribution in [0.1, 0.15) is 72.6 Å². The Morgan fingerprint density at radius 2 is 1.57 bits per heavy atom. The number of rotatable bonds is 3. The molecule has 3 heteroatoms. The molecule has 1 amide bonds. The Morgan fingerprint density at radius 3 is 2.05 bits per heavy atom. The summed E-state index contributed by atoms with van der Waals surface area (Å²) < 4.78 is 0. The topological polar surface area (TPSA) is 55.1 Å². The van der Waals surface area contributed by atoms with Crippen LogP contribution in [0.2, 0.25) is 0 Å². The highest BCUT2D eigenvalue weighted by molar-refractivity contribution is 5.79. The molecule has 21 heavy (non-hydrogen) atoms. The minimum absolute atomic E-state index is 0.223. The zero-order valence-corrected chi connectivity index (χ0v) is 14.4. The second-order valence-electron chi connectivity index (χ2n) is 9.07. The summed E-state index contributed by atoms with van der Waals surface area (Å²) >= 11 is 0. The Labute approximate surface area is 130 Å². The van der Waals surface area contributed by atoms with Gasteiger partial charge in [0.25, 0.3) is 0 Å². The van der Waals surface area contributed by atoms with Crippen LogP contribution in [0.5, 0.6) is 0 Å². The maximum absolute atomic E-state index is 12.5. The van der Waals surface area contributed by atoms with E-state index in [1.807, 2.05) is 0 Å². The Bertz CT molecular complexity index is 351. The molecule has 0 spiro atoms. The summed E-state index contributed by atoms with van der Waals surface area (Å²) in [6.45, 7) is 10.1. The molecule has 2 aliphatic rings. The lowest BCUT2D eigenvalue weighted by Gasteiger charge is -2.45. The van der Waals surface area contributed by atoms with E-state index in [-0.39, 0.29) is 5.92 Å². The number of carbonyl (C=O) groups excluding carboxylic acids is 1. The first-order chi connectivity index (χ1) is 9.71. The zero-order valence-electron chi connectivity index (χ0n) is 14.4. The highest BCUT2D eigenvalue weighted by Crippen LogP contribution is 2.45. The molecule has 122 valence electrons. The minimum atomic E-state index is 0.223. The van der Waals surface area contributed by atoms with E-state index in [0.717, 1.165) is 45.1 Å². The lowest BCUT2D eigenvalue weighted by atomic mass is 9.63. The molecule has 0 unspecified atom stereocenters. The van der Waals surface area contributed by atoms with Crippen molar-refractivity contribution in [2.75, 3.05) is 6.54 Å². The quantitative estimate of drug-likeness (QED) is 0.837. The molecule has 0 aromatic heterocycles. The van der Waals surface area contributed by atoms with Crippen molar-refractivity contribution in [1.29, 1.82) is 0 Å². The molecule has 2 saturated carbocycles. The van der Waals surface area contributed by atoms with E-state index in [1.54, 1.807) is 0 Å². The molecule has 2 aliphatic carbocycles. The van der Waals surface area contributed by atoms with Crippen molar-refractivity contribution in [3.05, 3.63) is 0 Å². The van der Waals surface area contributed by atoms with Gasteiger partial charge in [0.2, 0.25) is 5.91 Å². The largest absolute Gasteiger partial charge is 0.353 e. The van der Waals surface area contributed by atoms with Crippen LogP contribution in [-0.4, -0.2) is 18.5 Å². The molecule has 2 rings (SSSR count). The number of hydrogen-bond acceptors (Lipinski definition) is 2. The monoisotopic (exact) mass is 294 g/mol. The van der Waals surface area contributed by atoms with Gasteiger partial charge in [0.05, 0.1) is 0 Å². The summed E-state index contributed by atoms with van der Waals surface area (Å²) in [5.74, 6) is 1.16. The molecule has 3 N–H and O–H groups in total. The van der Waals surface area contributed by atoms with Gasteiger partial charge in [-0.1, -0.05) is 27.7 Å². The van der Waals surface area contributed by atoms with E-state index in [1.165, 1.54) is 6.42 Å². The SMILES string of the molecule is CC1(C)CC(NC(=O)C2CCC(CN)CC2)CC(C)(C)C1. The average molecular weight is 294 g/mol. The van der Waals surface area contributed by atoms with Gasteiger partial charge in [-0.25, -0.2) is 0 Å². The first-order valence-electron chi connectivity index (χ1n) is 8.71. The number of hydrogen-bond donors (Lipinski definition) is 2. The number of nitrogens with two attached hydrogens (primary N) is 1. The van der Waals surface area contributed by atoms with Crippen LogP contribution in [0, 0.1) is 22.7 Å². The molecular weight excluding hydrogens is 260 g/mol. The third-order valence-electron chi connectivity index (χ3n) is 5.45. The Morgan fingerprint density at radius 1 is 1.05 bits per heavy atom. The van der Waals surface area contributed by atoms with Crippen LogP contribution < -0.4 is 11.1 Å². The second kappa shape index (κ2) is 6.28. The van der Waals surface area contributed by atoms with E-state index in [9.17, 15) is 4.79 Å². The molecule has 0 aromatic rings. The molecule has 0 aliphatic heterocycles. The predicted octanol–water partition coefficient (Wildman–Crippen LogP) is 3.47. The lowest BCUT2D eigenvalue weighted by molar-refractivity contribution is -0.127. The molecule has 0 saturated heterocycles. The fourth-order valence-electron chi connectivity index (χ4n) is 4.93. The summed E-state index contributed by atoms with van der Waals surface area (Å²) in [6, 6.07) is 0.350. The van der Waals surface area contributed by atoms with Gasteiger partial charge in [0.1, 0.15) is 0 Å². The molecule has 0 bridgehead atoms. The van der Waals surface area contributed by atoms with Gasteiger partial charge in [0.15, 0.2) is 0 Å². The van der Waals surface area contributed by atoms with E-state index in [0.29, 0.717) is 28.7 Å². The van der Waals surface area contributed by atoms with Crippen LogP contribution in [0.4, 0.5) is 0 Å². The van der Waals surface area contributed by atoms with Crippen LogP contribution in [0.25, 0.3) is 0 Å². The summed E-state index contributed by atoms with van der Waals surface area (Å²) in [4.78, 5) is 12.5. The van der Waals surface area contributed by atoms with Crippen LogP contribution in [-0.2, 0) is 4.79 Å². The molecule has 2 fully saturated rings. The Kier molecular flexibility index (Phi) is 5.02. The third kappa shape index (κ3) is 4.70. The normalized spacial score (nSPS) is 32.6. The third-order valence-corrected chi connectivity index (χ3v) is 5.45. The fourth-order valence-corrected chi connectivity index (χ4v) is 4.93. The summed E-state index contributed by atoms with van der Waals surface area (Å²) in [5, 5.41) is 3.36. The average Bonchev–Trinajstić information content (AvgIpc) is 2.35. The van der Waals surface area contributed by atoms with Gasteiger partial charge in [0, 0.05) is 12.0 Å². The number of carbonyl (C=O) groups is 1. The van der Waals surface area contributed by atoms with Gasteiger partial charge in [-0.15, -0.1) is 0 Å². The molecule has 0 radical (unpaired) electrons. The van der Waals surface area contributed by atoms with Gasteiger partial charge in [-0.3, -0.25) is 4.79 Å². The van der Waals surface area contributed by atoms with Crippen molar-refractivity contribution in [2.24, 2.45) is 28.4 Å². The van der Waals surface area contributed by atoms with Crippen molar-refractivity contribution in [3.63, 3.8) is 0 Å². The van der Waals surface area contributed by atoms with E-state index in [2.05, 4.69) is 33.0 Å². The first kappa shape index (κ1) is 16.8. The fraction of sp³-hybridized carbons (Fsp3) is 0.944. The van der Waals surface area contributed by atoms with Gasteiger partial charge >= 0.3 is 0 Å². The minimum Gasteiger partial charge on any atom is -0.353 e. The smallest absolute Gasteiger partial charge is 0.223 e. The van der Waals surface area contributed by atoms with Crippen molar-refractivity contribution < 1.29 is 4.79 Å². The highest BCUT2D eigenvalue weighted by Gasteiger charge is 2.39. The molecule has 0 aromatic carbocycles. The van der Waals surface area contributed by atoms with Gasteiger partial charge < -0.3 is 11.1 Å². The maximum Gasteiger partial charge on any atom is 0.223 e. The van der Waals surface area contributed by atoms with Crippen LogP contribution in [0.3, 0.4) is 0 Å². The predicted molar refractivity (Wildman–Crippen MR) is 87.8 cm³/mol. The number of nitrogens with one attached hydrogen (secondary N) is 1. The first-order valence-corrected chi connectivity index (χ1v) is 8.71. The Hall–Kier alpha value is -0.570. The summed E-state index contributed by atoms with van der Waals surface area (Å²) in [6.07, 6.45) is 7.75. The molecular formula is C18H34N2O. The maximum atomic E-state index is 12.5. The summed E-state index contributed by atoms with van der Waals surface area (Å²) in [7, 11) is 0. The highest BCUT2D eigenvalue weighted by atomic mass is 16.1. The lowest BCUT2D eigenvalue weighted by Crippen LogP contribution is -2.48. The van der Waals surface area contributed by atoms with Crippen LogP contribution in [0.15, 0.2) is 0 Å². The summed E-state index contributed by atoms with van der Waals surface area (Å²) in [5.41, 5.74) is 6.39. The molecule has 3 nitrogen and oxygen atoms in total. The molecule has 0 heterocycles. The zero-order chi connectivity index (χ0) is 15.7. The van der Waals surface area contributed by atoms with E-state index >= 15 is 0 Å². The second-order valence-corrected chi connectivity index (χ2v) is 9.07. The van der Waals surface area contributed by atoms with Crippen molar-refractivity contribution in [3.8, 4) is 0 Å². The van der Waals surface area contributed by atoms with Gasteiger partial charge in [-0.2, -0.15) is 0 Å². The van der Waals surface area contributed by atoms with Crippen molar-refractivity contribution in [2.45, 2.75) is 78.7 Å². The standard InChI is InChI=1S/C18H34N2O/c1-17(2)9-15(10-18(3,4)12-17)20-16(21)14-7-5-13(11-19)6-8-14/h13-15H,5-12,19H2,1-4H3,(H,20,21).